The van der Waals surface area contributed by atoms with Gasteiger partial charge in [0.25, 0.3) is 0 Å². The molecule has 2 fully saturated rings. The van der Waals surface area contributed by atoms with Gasteiger partial charge in [0.2, 0.25) is 10.0 Å². The van der Waals surface area contributed by atoms with Crippen molar-refractivity contribution in [3.05, 3.63) is 12.4 Å². The SMILES string of the molecule is CC1CN(S(=O)(=O)c2cnn(CCNC3CC3)c2)CC1C. The highest BCUT2D eigenvalue weighted by Crippen LogP contribution is 2.27. The van der Waals surface area contributed by atoms with E-state index in [1.807, 2.05) is 0 Å². The molecule has 118 valence electrons. The lowest BCUT2D eigenvalue weighted by Crippen LogP contribution is -2.28. The molecule has 1 aromatic rings. The summed E-state index contributed by atoms with van der Waals surface area (Å²) < 4.78 is 28.5. The van der Waals surface area contributed by atoms with E-state index in [-0.39, 0.29) is 0 Å². The molecule has 1 aromatic heterocycles. The van der Waals surface area contributed by atoms with E-state index in [1.54, 1.807) is 15.2 Å². The molecule has 1 N–H and O–H groups in total. The molecule has 0 aromatic carbocycles. The number of nitrogens with zero attached hydrogens (tertiary/aromatic N) is 3. The van der Waals surface area contributed by atoms with Gasteiger partial charge in [0, 0.05) is 31.9 Å². The predicted molar refractivity (Wildman–Crippen MR) is 80.3 cm³/mol. The van der Waals surface area contributed by atoms with E-state index in [9.17, 15) is 8.42 Å². The van der Waals surface area contributed by atoms with Gasteiger partial charge in [-0.05, 0) is 24.7 Å². The minimum absolute atomic E-state index is 0.315. The topological polar surface area (TPSA) is 67.2 Å². The first kappa shape index (κ1) is 15.0. The third-order valence-corrected chi connectivity index (χ3v) is 6.34. The first-order valence-electron chi connectivity index (χ1n) is 7.73. The minimum Gasteiger partial charge on any atom is -0.312 e. The summed E-state index contributed by atoms with van der Waals surface area (Å²) >= 11 is 0. The molecule has 1 saturated heterocycles. The fraction of sp³-hybridized carbons (Fsp3) is 0.786. The van der Waals surface area contributed by atoms with Gasteiger partial charge in [0.15, 0.2) is 0 Å². The quantitative estimate of drug-likeness (QED) is 0.848. The highest BCUT2D eigenvalue weighted by Gasteiger charge is 2.35. The lowest BCUT2D eigenvalue weighted by molar-refractivity contribution is 0.463. The molecule has 21 heavy (non-hydrogen) atoms. The minimum atomic E-state index is -3.38. The van der Waals surface area contributed by atoms with Crippen LogP contribution in [0.1, 0.15) is 26.7 Å². The first-order chi connectivity index (χ1) is 9.96. The summed E-state index contributed by atoms with van der Waals surface area (Å²) in [5.41, 5.74) is 0. The van der Waals surface area contributed by atoms with E-state index in [4.69, 9.17) is 0 Å². The van der Waals surface area contributed by atoms with Crippen molar-refractivity contribution in [3.63, 3.8) is 0 Å². The highest BCUT2D eigenvalue weighted by molar-refractivity contribution is 7.89. The zero-order valence-electron chi connectivity index (χ0n) is 12.7. The third kappa shape index (κ3) is 3.30. The molecule has 0 radical (unpaired) electrons. The monoisotopic (exact) mass is 312 g/mol. The van der Waals surface area contributed by atoms with Crippen LogP contribution in [0, 0.1) is 11.8 Å². The lowest BCUT2D eigenvalue weighted by Gasteiger charge is -2.14. The maximum absolute atomic E-state index is 12.6. The van der Waals surface area contributed by atoms with E-state index >= 15 is 0 Å². The average molecular weight is 312 g/mol. The maximum atomic E-state index is 12.6. The van der Waals surface area contributed by atoms with E-state index in [0.717, 1.165) is 6.54 Å². The van der Waals surface area contributed by atoms with Crippen LogP contribution in [0.5, 0.6) is 0 Å². The molecular formula is C14H24N4O2S. The molecule has 7 heteroatoms. The van der Waals surface area contributed by atoms with Crippen molar-refractivity contribution in [2.24, 2.45) is 11.8 Å². The van der Waals surface area contributed by atoms with Gasteiger partial charge in [-0.3, -0.25) is 4.68 Å². The molecule has 2 atom stereocenters. The van der Waals surface area contributed by atoms with E-state index in [0.29, 0.717) is 42.4 Å². The molecule has 0 spiro atoms. The van der Waals surface area contributed by atoms with Gasteiger partial charge >= 0.3 is 0 Å². The van der Waals surface area contributed by atoms with Gasteiger partial charge in [-0.1, -0.05) is 13.8 Å². The number of hydrogen-bond donors (Lipinski definition) is 1. The van der Waals surface area contributed by atoms with E-state index < -0.39 is 10.0 Å². The summed E-state index contributed by atoms with van der Waals surface area (Å²) in [7, 11) is -3.38. The Balaban J connectivity index is 1.63. The Morgan fingerprint density at radius 2 is 1.95 bits per heavy atom. The van der Waals surface area contributed by atoms with Gasteiger partial charge in [0.1, 0.15) is 4.90 Å². The number of nitrogens with one attached hydrogen (secondary N) is 1. The van der Waals surface area contributed by atoms with Crippen LogP contribution in [0.4, 0.5) is 0 Å². The van der Waals surface area contributed by atoms with Crippen molar-refractivity contribution in [3.8, 4) is 0 Å². The fourth-order valence-electron chi connectivity index (χ4n) is 2.69. The van der Waals surface area contributed by atoms with Crippen molar-refractivity contribution in [2.75, 3.05) is 19.6 Å². The van der Waals surface area contributed by atoms with Crippen LogP contribution in [0.25, 0.3) is 0 Å². The molecule has 6 nitrogen and oxygen atoms in total. The number of aromatic nitrogens is 2. The highest BCUT2D eigenvalue weighted by atomic mass is 32.2. The predicted octanol–water partition coefficient (Wildman–Crippen LogP) is 0.912. The lowest BCUT2D eigenvalue weighted by atomic mass is 10.0. The van der Waals surface area contributed by atoms with Crippen LogP contribution >= 0.6 is 0 Å². The second-order valence-corrected chi connectivity index (χ2v) is 8.38. The standard InChI is InChI=1S/C14H24N4O2S/c1-11-8-18(9-12(11)2)21(19,20)14-7-16-17(10-14)6-5-15-13-3-4-13/h7,10-13,15H,3-6,8-9H2,1-2H3. The molecule has 0 amide bonds. The molecule has 1 aliphatic heterocycles. The van der Waals surface area contributed by atoms with E-state index in [2.05, 4.69) is 24.3 Å². The van der Waals surface area contributed by atoms with Crippen LogP contribution < -0.4 is 5.32 Å². The molecule has 1 saturated carbocycles. The average Bonchev–Trinajstić information content (AvgIpc) is 3.01. The molecule has 3 rings (SSSR count). The summed E-state index contributed by atoms with van der Waals surface area (Å²) in [5.74, 6) is 0.829. The molecule has 1 aliphatic carbocycles. The van der Waals surface area contributed by atoms with Crippen molar-refractivity contribution >= 4 is 10.0 Å². The van der Waals surface area contributed by atoms with Crippen molar-refractivity contribution in [1.29, 1.82) is 0 Å². The Kier molecular flexibility index (Phi) is 4.07. The largest absolute Gasteiger partial charge is 0.312 e. The van der Waals surface area contributed by atoms with Gasteiger partial charge in [0.05, 0.1) is 12.7 Å². The van der Waals surface area contributed by atoms with Gasteiger partial charge < -0.3 is 5.32 Å². The number of sulfonamides is 1. The Hall–Kier alpha value is -0.920. The van der Waals surface area contributed by atoms with Crippen LogP contribution in [-0.2, 0) is 16.6 Å². The summed E-state index contributed by atoms with van der Waals surface area (Å²) in [6, 6.07) is 0.663. The summed E-state index contributed by atoms with van der Waals surface area (Å²) in [6.07, 6.45) is 5.63. The van der Waals surface area contributed by atoms with Crippen LogP contribution in [-0.4, -0.2) is 48.2 Å². The van der Waals surface area contributed by atoms with Crippen molar-refractivity contribution in [2.45, 2.75) is 44.2 Å². The zero-order chi connectivity index (χ0) is 15.0. The van der Waals surface area contributed by atoms with Crippen molar-refractivity contribution < 1.29 is 8.42 Å². The smallest absolute Gasteiger partial charge is 0.246 e. The number of rotatable bonds is 6. The second-order valence-electron chi connectivity index (χ2n) is 6.44. The first-order valence-corrected chi connectivity index (χ1v) is 9.17. The maximum Gasteiger partial charge on any atom is 0.246 e. The molecule has 2 heterocycles. The molecular weight excluding hydrogens is 288 g/mol. The number of hydrogen-bond acceptors (Lipinski definition) is 4. The zero-order valence-corrected chi connectivity index (χ0v) is 13.5. The summed E-state index contributed by atoms with van der Waals surface area (Å²) in [4.78, 5) is 0.315. The second kappa shape index (κ2) is 5.70. The van der Waals surface area contributed by atoms with Crippen LogP contribution in [0.2, 0.25) is 0 Å². The summed E-state index contributed by atoms with van der Waals surface area (Å²) in [5, 5.41) is 7.58. The van der Waals surface area contributed by atoms with Gasteiger partial charge in [-0.15, -0.1) is 0 Å². The normalized spacial score (nSPS) is 27.3. The Bertz CT molecular complexity index is 584. The molecule has 2 aliphatic rings. The molecule has 0 bridgehead atoms. The Morgan fingerprint density at radius 1 is 1.29 bits per heavy atom. The van der Waals surface area contributed by atoms with Crippen LogP contribution in [0.15, 0.2) is 17.3 Å². The molecule has 2 unspecified atom stereocenters. The van der Waals surface area contributed by atoms with Crippen LogP contribution in [0.3, 0.4) is 0 Å². The Morgan fingerprint density at radius 3 is 2.57 bits per heavy atom. The van der Waals surface area contributed by atoms with Gasteiger partial charge in [-0.2, -0.15) is 9.40 Å². The van der Waals surface area contributed by atoms with Crippen molar-refractivity contribution in [1.82, 2.24) is 19.4 Å². The van der Waals surface area contributed by atoms with Gasteiger partial charge in [-0.25, -0.2) is 8.42 Å². The third-order valence-electron chi connectivity index (χ3n) is 4.55. The fourth-order valence-corrected chi connectivity index (χ4v) is 4.29. The Labute approximate surface area is 126 Å². The van der Waals surface area contributed by atoms with E-state index in [1.165, 1.54) is 19.0 Å². The summed E-state index contributed by atoms with van der Waals surface area (Å²) in [6.45, 7) is 6.97.